The fourth-order valence-electron chi connectivity index (χ4n) is 0. The predicted octanol–water partition coefficient (Wildman–Crippen LogP) is -2.11. The zero-order chi connectivity index (χ0) is 0. The van der Waals surface area contributed by atoms with Crippen LogP contribution in [0.4, 0.5) is 0 Å². The summed E-state index contributed by atoms with van der Waals surface area (Å²) in [7, 11) is 0. The van der Waals surface area contributed by atoms with Crippen molar-refractivity contribution < 1.29 is 36.0 Å². The summed E-state index contributed by atoms with van der Waals surface area (Å²) in [5.74, 6) is 0. The first-order valence-electron chi connectivity index (χ1n) is 0. The molecule has 0 unspecified atom stereocenters. The normalized spacial score (nSPS) is 0. The molecule has 4 heavy (non-hydrogen) atoms. The van der Waals surface area contributed by atoms with E-state index in [0.29, 0.717) is 0 Å². The van der Waals surface area contributed by atoms with E-state index in [9.17, 15) is 0 Å². The molecule has 0 amide bonds. The Hall–Kier alpha value is 2.42. The fourth-order valence-corrected chi connectivity index (χ4v) is 0. The maximum atomic E-state index is 0. The third-order valence-electron chi connectivity index (χ3n) is 0. The van der Waals surface area contributed by atoms with Gasteiger partial charge in [-0.05, 0) is 0 Å². The summed E-state index contributed by atoms with van der Waals surface area (Å²) < 4.78 is 0. The van der Waals surface area contributed by atoms with E-state index < -0.39 is 0 Å². The van der Waals surface area contributed by atoms with E-state index in [0.717, 1.165) is 0 Å². The molecule has 0 fully saturated rings. The molecule has 4 heteroatoms. The van der Waals surface area contributed by atoms with Gasteiger partial charge in [0.25, 0.3) is 0 Å². The van der Waals surface area contributed by atoms with Gasteiger partial charge in [0, 0.05) is 36.0 Å². The van der Waals surface area contributed by atoms with Crippen LogP contribution in [0.25, 0.3) is 0 Å². The molecule has 0 saturated heterocycles. The van der Waals surface area contributed by atoms with E-state index in [1.807, 2.05) is 0 Å². The first kappa shape index (κ1) is 32.2. The average Bonchev–Trinajstić information content (AvgIpc) is 0. The molecule has 22 valence electrons. The van der Waals surface area contributed by atoms with Crippen LogP contribution in [0.15, 0.2) is 0 Å². The Bertz CT molecular complexity index is 8.00. The molecular formula is H5AlMgNiZn. The molecule has 0 saturated carbocycles. The molecule has 0 N–H and O–H groups in total. The number of hydrogen-bond donors (Lipinski definition) is 0. The summed E-state index contributed by atoms with van der Waals surface area (Å²) in [4.78, 5) is 0. The summed E-state index contributed by atoms with van der Waals surface area (Å²) in [5, 5.41) is 0. The largest absolute Gasteiger partial charge is 0.316 e. The molecule has 0 aromatic heterocycles. The smallest absolute Gasteiger partial charge is 0 e. The standard InChI is InChI=1S/Al.Mg.Ni.Zn.5H. The molecule has 0 rings (SSSR count). The van der Waals surface area contributed by atoms with Crippen molar-refractivity contribution in [3.8, 4) is 0 Å². The minimum Gasteiger partial charge on any atom is 0 e. The topological polar surface area (TPSA) is 0 Å². The van der Waals surface area contributed by atoms with Gasteiger partial charge in [0.1, 0.15) is 0 Å². The summed E-state index contributed by atoms with van der Waals surface area (Å²) in [6.45, 7) is 0. The van der Waals surface area contributed by atoms with E-state index in [2.05, 4.69) is 0 Å². The van der Waals surface area contributed by atoms with E-state index in [4.69, 9.17) is 0 Å². The van der Waals surface area contributed by atoms with Crippen LogP contribution >= 0.6 is 0 Å². The molecule has 0 heterocycles. The molecule has 0 aliphatic carbocycles. The van der Waals surface area contributed by atoms with Gasteiger partial charge < -0.3 is 0 Å². The van der Waals surface area contributed by atoms with Crippen LogP contribution in [-0.2, 0) is 36.0 Å². The van der Waals surface area contributed by atoms with E-state index in [1.165, 1.54) is 0 Å². The van der Waals surface area contributed by atoms with Crippen LogP contribution in [0.1, 0.15) is 0 Å². The van der Waals surface area contributed by atoms with Crippen molar-refractivity contribution in [2.75, 3.05) is 0 Å². The zero-order valence-corrected chi connectivity index (χ0v) is 4.98. The summed E-state index contributed by atoms with van der Waals surface area (Å²) in [6, 6.07) is 0. The van der Waals surface area contributed by atoms with Crippen molar-refractivity contribution >= 4 is 40.4 Å². The van der Waals surface area contributed by atoms with E-state index >= 15 is 0 Å². The summed E-state index contributed by atoms with van der Waals surface area (Å²) in [5.41, 5.74) is 0. The van der Waals surface area contributed by atoms with Crippen LogP contribution in [0.5, 0.6) is 0 Å². The maximum Gasteiger partial charge on any atom is 0.316 e. The Morgan fingerprint density at radius 2 is 1.00 bits per heavy atom. The van der Waals surface area contributed by atoms with Gasteiger partial charge in [0.05, 0.1) is 0 Å². The van der Waals surface area contributed by atoms with Gasteiger partial charge in [-0.25, -0.2) is 0 Å². The molecular weight excluding hydrogens is 175 g/mol. The van der Waals surface area contributed by atoms with Gasteiger partial charge in [0.15, 0.2) is 17.4 Å². The average molecular weight is 180 g/mol. The molecule has 0 bridgehead atoms. The number of hydrogen-bond acceptors (Lipinski definition) is 0. The fraction of sp³-hybridized carbons (Fsp3) is 0. The van der Waals surface area contributed by atoms with Crippen LogP contribution in [0, 0.1) is 0 Å². The minimum absolute atomic E-state index is 0. The third-order valence-corrected chi connectivity index (χ3v) is 0. The van der Waals surface area contributed by atoms with Crippen LogP contribution < -0.4 is 0 Å². The Morgan fingerprint density at radius 1 is 1.00 bits per heavy atom. The van der Waals surface area contributed by atoms with Gasteiger partial charge in [-0.2, -0.15) is 0 Å². The predicted molar refractivity (Wildman–Crippen MR) is 18.5 cm³/mol. The van der Waals surface area contributed by atoms with Crippen molar-refractivity contribution in [3.05, 3.63) is 0 Å². The van der Waals surface area contributed by atoms with E-state index in [1.54, 1.807) is 0 Å². The SMILES string of the molecule is [AlH3].[MgH2].[Ni].[Zn]. The van der Waals surface area contributed by atoms with Crippen molar-refractivity contribution in [3.63, 3.8) is 0 Å². The van der Waals surface area contributed by atoms with Crippen LogP contribution in [0.2, 0.25) is 0 Å². The van der Waals surface area contributed by atoms with Crippen LogP contribution in [0.3, 0.4) is 0 Å². The first-order valence-corrected chi connectivity index (χ1v) is 0. The second kappa shape index (κ2) is 18.1. The van der Waals surface area contributed by atoms with Crippen molar-refractivity contribution in [1.29, 1.82) is 0 Å². The molecule has 0 nitrogen and oxygen atoms in total. The summed E-state index contributed by atoms with van der Waals surface area (Å²) >= 11 is 0. The molecule has 0 aliphatic rings. The van der Waals surface area contributed by atoms with Crippen molar-refractivity contribution in [2.45, 2.75) is 0 Å². The van der Waals surface area contributed by atoms with Gasteiger partial charge in [-0.1, -0.05) is 0 Å². The van der Waals surface area contributed by atoms with Crippen LogP contribution in [-0.4, -0.2) is 40.4 Å². The van der Waals surface area contributed by atoms with Crippen molar-refractivity contribution in [2.24, 2.45) is 0 Å². The van der Waals surface area contributed by atoms with Gasteiger partial charge in [-0.3, -0.25) is 0 Å². The summed E-state index contributed by atoms with van der Waals surface area (Å²) in [6.07, 6.45) is 0. The number of rotatable bonds is 0. The molecule has 0 atom stereocenters. The minimum atomic E-state index is 0. The first-order chi connectivity index (χ1) is 0. The molecule has 0 aliphatic heterocycles. The van der Waals surface area contributed by atoms with E-state index in [-0.39, 0.29) is 76.4 Å². The van der Waals surface area contributed by atoms with Gasteiger partial charge in [0.2, 0.25) is 0 Å². The van der Waals surface area contributed by atoms with Crippen molar-refractivity contribution in [1.82, 2.24) is 0 Å². The van der Waals surface area contributed by atoms with Gasteiger partial charge >= 0.3 is 23.1 Å². The molecule has 0 aromatic rings. The third kappa shape index (κ3) is 8.83. The zero-order valence-electron chi connectivity index (χ0n) is 1.02. The quantitative estimate of drug-likeness (QED) is 0.375. The maximum absolute atomic E-state index is 0. The van der Waals surface area contributed by atoms with Gasteiger partial charge in [-0.15, -0.1) is 0 Å². The monoisotopic (exact) mass is 178 g/mol. The molecule has 0 radical (unpaired) electrons. The second-order valence-electron chi connectivity index (χ2n) is 0. The Morgan fingerprint density at radius 3 is 1.00 bits per heavy atom. The Labute approximate surface area is 75.4 Å². The molecule has 0 spiro atoms. The second-order valence-corrected chi connectivity index (χ2v) is 0. The Balaban J connectivity index is 0. The Kier molecular flexibility index (Phi) is 146. The molecule has 0 aromatic carbocycles.